The Kier molecular flexibility index (Phi) is 4.67. The Bertz CT molecular complexity index is 666. The maximum Gasteiger partial charge on any atom is 0.237 e. The summed E-state index contributed by atoms with van der Waals surface area (Å²) in [5.74, 6) is 0.300. The maximum atomic E-state index is 13.0. The van der Waals surface area contributed by atoms with Crippen LogP contribution in [0.2, 0.25) is 0 Å². The van der Waals surface area contributed by atoms with Crippen LogP contribution in [-0.2, 0) is 11.3 Å². The largest absolute Gasteiger partial charge is 0.334 e. The SMILES string of the molecule is O=C(CN(Cc1ccccc1)C1CC1)N1CCCC1c1cccs1. The van der Waals surface area contributed by atoms with Crippen LogP contribution < -0.4 is 0 Å². The van der Waals surface area contributed by atoms with Crippen LogP contribution in [-0.4, -0.2) is 34.8 Å². The third-order valence-corrected chi connectivity index (χ3v) is 6.05. The molecule has 1 aromatic heterocycles. The maximum absolute atomic E-state index is 13.0. The Morgan fingerprint density at radius 2 is 1.96 bits per heavy atom. The van der Waals surface area contributed by atoms with Gasteiger partial charge in [-0.05, 0) is 42.7 Å². The van der Waals surface area contributed by atoms with Gasteiger partial charge in [0.25, 0.3) is 0 Å². The summed E-state index contributed by atoms with van der Waals surface area (Å²) in [6.07, 6.45) is 4.69. The molecule has 3 nitrogen and oxygen atoms in total. The zero-order valence-electron chi connectivity index (χ0n) is 13.9. The fraction of sp³-hybridized carbons (Fsp3) is 0.450. The number of thiophene rings is 1. The van der Waals surface area contributed by atoms with Gasteiger partial charge in [0.1, 0.15) is 0 Å². The summed E-state index contributed by atoms with van der Waals surface area (Å²) < 4.78 is 0. The molecule has 1 atom stereocenters. The molecule has 1 aliphatic heterocycles. The van der Waals surface area contributed by atoms with Crippen LogP contribution in [0.1, 0.15) is 42.2 Å². The lowest BCUT2D eigenvalue weighted by molar-refractivity contribution is -0.133. The summed E-state index contributed by atoms with van der Waals surface area (Å²) in [4.78, 5) is 18.8. The van der Waals surface area contributed by atoms with Crippen molar-refractivity contribution in [2.75, 3.05) is 13.1 Å². The van der Waals surface area contributed by atoms with E-state index in [0.717, 1.165) is 25.9 Å². The van der Waals surface area contributed by atoms with Crippen molar-refractivity contribution in [1.29, 1.82) is 0 Å². The summed E-state index contributed by atoms with van der Waals surface area (Å²) in [6, 6.07) is 15.7. The number of carbonyl (C=O) groups excluding carboxylic acids is 1. The van der Waals surface area contributed by atoms with E-state index in [1.54, 1.807) is 11.3 Å². The highest BCUT2D eigenvalue weighted by Crippen LogP contribution is 2.35. The second kappa shape index (κ2) is 7.08. The van der Waals surface area contributed by atoms with Gasteiger partial charge in [0.15, 0.2) is 0 Å². The van der Waals surface area contributed by atoms with E-state index in [0.29, 0.717) is 24.5 Å². The lowest BCUT2D eigenvalue weighted by Gasteiger charge is -2.28. The quantitative estimate of drug-likeness (QED) is 0.791. The number of nitrogens with zero attached hydrogens (tertiary/aromatic N) is 2. The standard InChI is InChI=1S/C20H24N2OS/c23-20(22-12-4-8-18(22)19-9-5-13-24-19)15-21(17-10-11-17)14-16-6-2-1-3-7-16/h1-3,5-7,9,13,17-18H,4,8,10-12,14-15H2. The molecule has 1 aromatic carbocycles. The van der Waals surface area contributed by atoms with Crippen molar-refractivity contribution < 1.29 is 4.79 Å². The van der Waals surface area contributed by atoms with Crippen molar-refractivity contribution >= 4 is 17.2 Å². The lowest BCUT2D eigenvalue weighted by Crippen LogP contribution is -2.40. The molecule has 24 heavy (non-hydrogen) atoms. The molecule has 2 aliphatic rings. The summed E-state index contributed by atoms with van der Waals surface area (Å²) >= 11 is 1.77. The number of hydrogen-bond acceptors (Lipinski definition) is 3. The summed E-state index contributed by atoms with van der Waals surface area (Å²) in [6.45, 7) is 2.35. The van der Waals surface area contributed by atoms with Crippen molar-refractivity contribution in [3.63, 3.8) is 0 Å². The molecule has 1 aliphatic carbocycles. The third-order valence-electron chi connectivity index (χ3n) is 5.07. The average molecular weight is 340 g/mol. The molecule has 126 valence electrons. The van der Waals surface area contributed by atoms with Gasteiger partial charge in [-0.1, -0.05) is 36.4 Å². The topological polar surface area (TPSA) is 23.6 Å². The zero-order chi connectivity index (χ0) is 16.4. The van der Waals surface area contributed by atoms with Crippen molar-refractivity contribution in [3.05, 3.63) is 58.3 Å². The van der Waals surface area contributed by atoms with E-state index in [1.807, 2.05) is 6.07 Å². The summed E-state index contributed by atoms with van der Waals surface area (Å²) in [5, 5.41) is 2.11. The Labute approximate surface area is 147 Å². The minimum Gasteiger partial charge on any atom is -0.334 e. The second-order valence-corrected chi connectivity index (χ2v) is 7.86. The number of carbonyl (C=O) groups is 1. The molecule has 0 radical (unpaired) electrons. The molecule has 1 unspecified atom stereocenters. The molecule has 0 spiro atoms. The van der Waals surface area contributed by atoms with Gasteiger partial charge >= 0.3 is 0 Å². The van der Waals surface area contributed by atoms with Crippen LogP contribution in [0.3, 0.4) is 0 Å². The third kappa shape index (κ3) is 3.55. The van der Waals surface area contributed by atoms with E-state index in [-0.39, 0.29) is 0 Å². The lowest BCUT2D eigenvalue weighted by atomic mass is 10.2. The molecule has 4 rings (SSSR count). The van der Waals surface area contributed by atoms with Crippen LogP contribution >= 0.6 is 11.3 Å². The van der Waals surface area contributed by atoms with E-state index < -0.39 is 0 Å². The number of likely N-dealkylation sites (tertiary alicyclic amines) is 1. The van der Waals surface area contributed by atoms with Crippen LogP contribution in [0, 0.1) is 0 Å². The van der Waals surface area contributed by atoms with Gasteiger partial charge in [-0.25, -0.2) is 0 Å². The fourth-order valence-corrected chi connectivity index (χ4v) is 4.55. The van der Waals surface area contributed by atoms with Gasteiger partial charge in [0, 0.05) is 24.0 Å². The molecule has 2 fully saturated rings. The smallest absolute Gasteiger partial charge is 0.237 e. The second-order valence-electron chi connectivity index (χ2n) is 6.88. The minimum atomic E-state index is 0.300. The first kappa shape index (κ1) is 15.9. The molecular weight excluding hydrogens is 316 g/mol. The normalized spacial score (nSPS) is 20.7. The van der Waals surface area contributed by atoms with Crippen LogP contribution in [0.25, 0.3) is 0 Å². The number of benzene rings is 1. The van der Waals surface area contributed by atoms with Crippen LogP contribution in [0.5, 0.6) is 0 Å². The molecule has 2 heterocycles. The summed E-state index contributed by atoms with van der Waals surface area (Å²) in [7, 11) is 0. The first-order chi connectivity index (χ1) is 11.8. The molecule has 1 saturated carbocycles. The predicted octanol–water partition coefficient (Wildman–Crippen LogP) is 4.08. The molecule has 0 N–H and O–H groups in total. The number of hydrogen-bond donors (Lipinski definition) is 0. The van der Waals surface area contributed by atoms with Gasteiger partial charge in [0.05, 0.1) is 12.6 Å². The van der Waals surface area contributed by atoms with Crippen molar-refractivity contribution in [2.24, 2.45) is 0 Å². The zero-order valence-corrected chi connectivity index (χ0v) is 14.8. The van der Waals surface area contributed by atoms with Gasteiger partial charge in [-0.3, -0.25) is 9.69 Å². The Morgan fingerprint density at radius 3 is 2.67 bits per heavy atom. The molecule has 1 saturated heterocycles. The minimum absolute atomic E-state index is 0.300. The first-order valence-electron chi connectivity index (χ1n) is 8.92. The molecule has 2 aromatic rings. The Balaban J connectivity index is 1.43. The van der Waals surface area contributed by atoms with Crippen molar-refractivity contribution in [1.82, 2.24) is 9.80 Å². The Hall–Kier alpha value is -1.65. The molecular formula is C20H24N2OS. The van der Waals surface area contributed by atoms with E-state index in [2.05, 4.69) is 51.6 Å². The molecule has 0 bridgehead atoms. The van der Waals surface area contributed by atoms with E-state index >= 15 is 0 Å². The first-order valence-corrected chi connectivity index (χ1v) is 9.80. The van der Waals surface area contributed by atoms with E-state index in [9.17, 15) is 4.79 Å². The van der Waals surface area contributed by atoms with Crippen LogP contribution in [0.4, 0.5) is 0 Å². The molecule has 4 heteroatoms. The Morgan fingerprint density at radius 1 is 1.12 bits per heavy atom. The van der Waals surface area contributed by atoms with E-state index in [4.69, 9.17) is 0 Å². The van der Waals surface area contributed by atoms with E-state index in [1.165, 1.54) is 23.3 Å². The highest BCUT2D eigenvalue weighted by molar-refractivity contribution is 7.10. The van der Waals surface area contributed by atoms with Crippen molar-refractivity contribution in [3.8, 4) is 0 Å². The van der Waals surface area contributed by atoms with Gasteiger partial charge < -0.3 is 4.90 Å². The number of rotatable bonds is 6. The predicted molar refractivity (Wildman–Crippen MR) is 97.9 cm³/mol. The number of amides is 1. The van der Waals surface area contributed by atoms with Gasteiger partial charge in [-0.15, -0.1) is 11.3 Å². The van der Waals surface area contributed by atoms with Crippen molar-refractivity contribution in [2.45, 2.75) is 44.3 Å². The highest BCUT2D eigenvalue weighted by Gasteiger charge is 2.35. The average Bonchev–Trinajstić information content (AvgIpc) is 3.10. The van der Waals surface area contributed by atoms with Crippen LogP contribution in [0.15, 0.2) is 47.8 Å². The molecule has 1 amide bonds. The van der Waals surface area contributed by atoms with Gasteiger partial charge in [0.2, 0.25) is 5.91 Å². The van der Waals surface area contributed by atoms with Gasteiger partial charge in [-0.2, -0.15) is 0 Å². The summed E-state index contributed by atoms with van der Waals surface area (Å²) in [5.41, 5.74) is 1.30. The fourth-order valence-electron chi connectivity index (χ4n) is 3.68. The monoisotopic (exact) mass is 340 g/mol. The highest BCUT2D eigenvalue weighted by atomic mass is 32.1.